The number of carbonyl (C=O) groups is 2. The van der Waals surface area contributed by atoms with E-state index in [2.05, 4.69) is 19.6 Å². The van der Waals surface area contributed by atoms with E-state index in [0.717, 1.165) is 44.9 Å². The van der Waals surface area contributed by atoms with Gasteiger partial charge in [0.15, 0.2) is 6.10 Å². The van der Waals surface area contributed by atoms with E-state index in [-0.39, 0.29) is 32.0 Å². The predicted molar refractivity (Wildman–Crippen MR) is 172 cm³/mol. The summed E-state index contributed by atoms with van der Waals surface area (Å²) in [5.74, 6) is -0.817. The number of hydrogen-bond acceptors (Lipinski definition) is 7. The molecule has 9 nitrogen and oxygen atoms in total. The van der Waals surface area contributed by atoms with E-state index in [0.29, 0.717) is 13.0 Å². The molecule has 0 aromatic heterocycles. The highest BCUT2D eigenvalue weighted by molar-refractivity contribution is 7.47. The molecule has 0 aliphatic carbocycles. The Balaban J connectivity index is 4.24. The maximum atomic E-state index is 12.5. The van der Waals surface area contributed by atoms with Crippen LogP contribution in [0.5, 0.6) is 0 Å². The van der Waals surface area contributed by atoms with Gasteiger partial charge in [-0.1, -0.05) is 129 Å². The van der Waals surface area contributed by atoms with E-state index < -0.39 is 26.5 Å². The Morgan fingerprint density at radius 2 is 1.12 bits per heavy atom. The quantitative estimate of drug-likeness (QED) is 0.0320. The molecule has 0 aromatic carbocycles. The SMILES string of the molecule is [CH2-]CCCCCCCCCCC(=O)OC[C@H](COP(=O)(O)OCC[NH3+])OC(=O)CCCCCCCCCCCCCCC. The zero-order valence-corrected chi connectivity index (χ0v) is 28.4. The predicted octanol–water partition coefficient (Wildman–Crippen LogP) is 8.03. The van der Waals surface area contributed by atoms with Crippen molar-refractivity contribution in [3.05, 3.63) is 6.92 Å². The molecule has 0 saturated heterocycles. The highest BCUT2D eigenvalue weighted by atomic mass is 31.2. The Morgan fingerprint density at radius 3 is 1.58 bits per heavy atom. The Kier molecular flexibility index (Phi) is 30.3. The second-order valence-electron chi connectivity index (χ2n) is 11.7. The molecule has 0 fully saturated rings. The van der Waals surface area contributed by atoms with Gasteiger partial charge in [-0.3, -0.25) is 18.6 Å². The van der Waals surface area contributed by atoms with Crippen LogP contribution in [0.2, 0.25) is 0 Å². The number of ether oxygens (including phenoxy) is 2. The Labute approximate surface area is 263 Å². The van der Waals surface area contributed by atoms with Gasteiger partial charge in [0.2, 0.25) is 0 Å². The molecular weight excluding hydrogens is 569 g/mol. The number of unbranched alkanes of at least 4 members (excludes halogenated alkanes) is 20. The summed E-state index contributed by atoms with van der Waals surface area (Å²) in [6.07, 6.45) is 25.2. The summed E-state index contributed by atoms with van der Waals surface area (Å²) in [4.78, 5) is 34.5. The fraction of sp³-hybridized carbons (Fsp3) is 0.909. The van der Waals surface area contributed by atoms with E-state index >= 15 is 0 Å². The second-order valence-corrected chi connectivity index (χ2v) is 13.1. The van der Waals surface area contributed by atoms with Crippen LogP contribution in [0.1, 0.15) is 161 Å². The molecule has 0 rings (SSSR count). The minimum Gasteiger partial charge on any atom is -0.462 e. The first-order valence-corrected chi connectivity index (χ1v) is 18.9. The molecule has 0 bridgehead atoms. The Morgan fingerprint density at radius 1 is 0.674 bits per heavy atom. The summed E-state index contributed by atoms with van der Waals surface area (Å²) < 4.78 is 32.6. The van der Waals surface area contributed by atoms with Crippen molar-refractivity contribution >= 4 is 19.8 Å². The largest absolute Gasteiger partial charge is 0.472 e. The summed E-state index contributed by atoms with van der Waals surface area (Å²) in [5, 5.41) is 0. The first-order chi connectivity index (χ1) is 20.8. The van der Waals surface area contributed by atoms with Crippen LogP contribution in [0.25, 0.3) is 0 Å². The van der Waals surface area contributed by atoms with Crippen molar-refractivity contribution in [3.8, 4) is 0 Å². The van der Waals surface area contributed by atoms with Crippen LogP contribution < -0.4 is 5.73 Å². The van der Waals surface area contributed by atoms with Crippen LogP contribution in [0.15, 0.2) is 0 Å². The van der Waals surface area contributed by atoms with Crippen LogP contribution in [0.4, 0.5) is 0 Å². The minimum atomic E-state index is -4.32. The smallest absolute Gasteiger partial charge is 0.462 e. The normalized spacial score (nSPS) is 13.5. The lowest BCUT2D eigenvalue weighted by atomic mass is 10.0. The summed E-state index contributed by atoms with van der Waals surface area (Å²) in [5.41, 5.74) is 3.56. The standard InChI is InChI=1S/C33H65NO8P/c1-3-5-7-9-11-13-14-15-16-18-20-22-24-26-33(36)42-31(30-41-43(37,38)40-28-27-34)29-39-32(35)25-23-21-19-17-12-10-8-6-4-2/h31H,2-30,34H2,1H3,(H,37,38)/q-1/p+1/t31-/m1/s1. The lowest BCUT2D eigenvalue weighted by Gasteiger charge is -2.19. The van der Waals surface area contributed by atoms with E-state index in [1.165, 1.54) is 89.9 Å². The van der Waals surface area contributed by atoms with Gasteiger partial charge in [-0.05, 0) is 12.8 Å². The molecule has 10 heteroatoms. The number of phosphoric ester groups is 1. The number of esters is 2. The van der Waals surface area contributed by atoms with Crippen molar-refractivity contribution in [2.75, 3.05) is 26.4 Å². The first-order valence-electron chi connectivity index (χ1n) is 17.4. The van der Waals surface area contributed by atoms with Gasteiger partial charge >= 0.3 is 19.8 Å². The van der Waals surface area contributed by atoms with Gasteiger partial charge in [-0.15, -0.1) is 0 Å². The molecule has 0 saturated carbocycles. The molecule has 2 atom stereocenters. The van der Waals surface area contributed by atoms with Crippen molar-refractivity contribution in [3.63, 3.8) is 0 Å². The molecule has 0 amide bonds. The van der Waals surface area contributed by atoms with Crippen LogP contribution >= 0.6 is 7.82 Å². The minimum absolute atomic E-state index is 0.0392. The van der Waals surface area contributed by atoms with E-state index in [1.54, 1.807) is 0 Å². The zero-order valence-electron chi connectivity index (χ0n) is 27.5. The van der Waals surface area contributed by atoms with Crippen molar-refractivity contribution in [2.24, 2.45) is 0 Å². The number of quaternary nitrogens is 1. The third-order valence-electron chi connectivity index (χ3n) is 7.42. The van der Waals surface area contributed by atoms with Gasteiger partial charge in [0.1, 0.15) is 13.2 Å². The molecule has 0 aliphatic rings. The molecule has 43 heavy (non-hydrogen) atoms. The maximum absolute atomic E-state index is 12.5. The molecule has 0 aromatic rings. The van der Waals surface area contributed by atoms with Crippen molar-refractivity contribution in [1.82, 2.24) is 0 Å². The van der Waals surface area contributed by atoms with Gasteiger partial charge in [0.25, 0.3) is 0 Å². The van der Waals surface area contributed by atoms with Gasteiger partial charge < -0.3 is 27.0 Å². The number of hydrogen-bond donors (Lipinski definition) is 2. The van der Waals surface area contributed by atoms with Gasteiger partial charge in [0, 0.05) is 12.8 Å². The van der Waals surface area contributed by atoms with Crippen LogP contribution in [0.3, 0.4) is 0 Å². The fourth-order valence-electron chi connectivity index (χ4n) is 4.81. The highest BCUT2D eigenvalue weighted by Gasteiger charge is 2.26. The van der Waals surface area contributed by atoms with Crippen molar-refractivity contribution < 1.29 is 43.3 Å². The van der Waals surface area contributed by atoms with E-state index in [1.807, 2.05) is 0 Å². The Bertz CT molecular complexity index is 694. The molecule has 256 valence electrons. The lowest BCUT2D eigenvalue weighted by molar-refractivity contribution is -0.371. The summed E-state index contributed by atoms with van der Waals surface area (Å²) in [6, 6.07) is 0. The highest BCUT2D eigenvalue weighted by Crippen LogP contribution is 2.43. The fourth-order valence-corrected chi connectivity index (χ4v) is 5.60. The first kappa shape index (κ1) is 42.0. The third-order valence-corrected chi connectivity index (χ3v) is 8.40. The number of rotatable bonds is 33. The maximum Gasteiger partial charge on any atom is 0.472 e. The summed E-state index contributed by atoms with van der Waals surface area (Å²) in [7, 11) is -4.32. The van der Waals surface area contributed by atoms with Crippen LogP contribution in [0, 0.1) is 6.92 Å². The topological polar surface area (TPSA) is 136 Å². The average molecular weight is 636 g/mol. The molecule has 0 aliphatic heterocycles. The molecule has 0 spiro atoms. The average Bonchev–Trinajstić information content (AvgIpc) is 2.99. The zero-order chi connectivity index (χ0) is 31.9. The van der Waals surface area contributed by atoms with Crippen LogP contribution in [-0.4, -0.2) is 49.3 Å². The summed E-state index contributed by atoms with van der Waals surface area (Å²) >= 11 is 0. The monoisotopic (exact) mass is 635 g/mol. The second kappa shape index (κ2) is 31.0. The lowest BCUT2D eigenvalue weighted by Crippen LogP contribution is -2.52. The molecule has 0 heterocycles. The van der Waals surface area contributed by atoms with E-state index in [4.69, 9.17) is 18.5 Å². The number of carbonyl (C=O) groups excluding carboxylic acids is 2. The van der Waals surface area contributed by atoms with E-state index in [9.17, 15) is 19.0 Å². The number of phosphoric acid groups is 1. The molecule has 1 unspecified atom stereocenters. The molecule has 4 N–H and O–H groups in total. The summed E-state index contributed by atoms with van der Waals surface area (Å²) in [6.45, 7) is 5.73. The van der Waals surface area contributed by atoms with Gasteiger partial charge in [-0.2, -0.15) is 6.42 Å². The van der Waals surface area contributed by atoms with Crippen molar-refractivity contribution in [1.29, 1.82) is 0 Å². The third kappa shape index (κ3) is 30.8. The van der Waals surface area contributed by atoms with Gasteiger partial charge in [0.05, 0.1) is 13.2 Å². The Hall–Kier alpha value is -0.990. The molecular formula is C33H66NO8P. The molecule has 0 radical (unpaired) electrons. The van der Waals surface area contributed by atoms with Gasteiger partial charge in [-0.25, -0.2) is 4.57 Å². The van der Waals surface area contributed by atoms with Crippen molar-refractivity contribution in [2.45, 2.75) is 167 Å². The van der Waals surface area contributed by atoms with Crippen LogP contribution in [-0.2, 0) is 32.7 Å².